The summed E-state index contributed by atoms with van der Waals surface area (Å²) in [6, 6.07) is 21.6. The minimum Gasteiger partial charge on any atom is -0.322 e. The van der Waals surface area contributed by atoms with Crippen molar-refractivity contribution >= 4 is 34.2 Å². The number of aryl methyl sites for hydroxylation is 1. The number of anilines is 2. The third kappa shape index (κ3) is 3.77. The second kappa shape index (κ2) is 8.16. The smallest absolute Gasteiger partial charge is 0.258 e. The lowest BCUT2D eigenvalue weighted by molar-refractivity contribution is 0.0990. The average Bonchev–Trinajstić information content (AvgIpc) is 3.21. The van der Waals surface area contributed by atoms with Crippen LogP contribution >= 0.6 is 0 Å². The van der Waals surface area contributed by atoms with Crippen molar-refractivity contribution in [3.8, 4) is 0 Å². The Morgan fingerprint density at radius 3 is 2.53 bits per heavy atom. The van der Waals surface area contributed by atoms with Gasteiger partial charge in [0.2, 0.25) is 0 Å². The Morgan fingerprint density at radius 2 is 1.77 bits per heavy atom. The van der Waals surface area contributed by atoms with Gasteiger partial charge in [0.25, 0.3) is 11.8 Å². The van der Waals surface area contributed by atoms with Crippen molar-refractivity contribution in [2.45, 2.75) is 13.5 Å². The van der Waals surface area contributed by atoms with Gasteiger partial charge in [0.1, 0.15) is 5.52 Å². The summed E-state index contributed by atoms with van der Waals surface area (Å²) >= 11 is 0. The summed E-state index contributed by atoms with van der Waals surface area (Å²) in [5.74, 6) is -0.432. The molecule has 1 aromatic heterocycles. The molecule has 2 amide bonds. The number of benzene rings is 3. The molecular weight excluding hydrogens is 378 g/mol. The largest absolute Gasteiger partial charge is 0.322 e. The standard InChI is InChI=1S/C23H21N5O2/c1-3-28-21-13-12-16(15-20(21)25-26-28)22(29)24-18-9-7-8-17(14-18)23(30)27(2)19-10-5-4-6-11-19/h4-15H,3H2,1-2H3,(H,24,29). The molecule has 0 aliphatic rings. The minimum absolute atomic E-state index is 0.158. The van der Waals surface area contributed by atoms with Crippen LogP contribution in [0.2, 0.25) is 0 Å². The van der Waals surface area contributed by atoms with Crippen LogP contribution in [0.25, 0.3) is 11.0 Å². The molecule has 0 spiro atoms. The number of hydrogen-bond acceptors (Lipinski definition) is 4. The Hall–Kier alpha value is -4.00. The molecule has 1 heterocycles. The molecule has 0 bridgehead atoms. The van der Waals surface area contributed by atoms with Gasteiger partial charge >= 0.3 is 0 Å². The Bertz CT molecular complexity index is 1220. The summed E-state index contributed by atoms with van der Waals surface area (Å²) in [6.45, 7) is 2.69. The molecule has 0 radical (unpaired) electrons. The summed E-state index contributed by atoms with van der Waals surface area (Å²) in [5, 5.41) is 11.0. The van der Waals surface area contributed by atoms with Crippen LogP contribution in [0.1, 0.15) is 27.6 Å². The highest BCUT2D eigenvalue weighted by molar-refractivity contribution is 6.08. The van der Waals surface area contributed by atoms with E-state index in [9.17, 15) is 9.59 Å². The third-order valence-electron chi connectivity index (χ3n) is 4.89. The van der Waals surface area contributed by atoms with Crippen molar-refractivity contribution in [2.75, 3.05) is 17.3 Å². The molecule has 0 aliphatic heterocycles. The predicted octanol–water partition coefficient (Wildman–Crippen LogP) is 3.98. The Balaban J connectivity index is 1.53. The molecule has 4 rings (SSSR count). The highest BCUT2D eigenvalue weighted by Gasteiger charge is 2.15. The highest BCUT2D eigenvalue weighted by atomic mass is 16.2. The van der Waals surface area contributed by atoms with Crippen LogP contribution in [0, 0.1) is 0 Å². The minimum atomic E-state index is -0.274. The second-order valence-corrected chi connectivity index (χ2v) is 6.84. The van der Waals surface area contributed by atoms with Crippen LogP contribution < -0.4 is 10.2 Å². The van der Waals surface area contributed by atoms with Gasteiger partial charge in [-0.3, -0.25) is 9.59 Å². The molecule has 4 aromatic rings. The molecular formula is C23H21N5O2. The van der Waals surface area contributed by atoms with Gasteiger partial charge in [0, 0.05) is 36.1 Å². The third-order valence-corrected chi connectivity index (χ3v) is 4.89. The number of carbonyl (C=O) groups is 2. The zero-order valence-corrected chi connectivity index (χ0v) is 16.7. The van der Waals surface area contributed by atoms with E-state index in [0.29, 0.717) is 28.9 Å². The molecule has 0 saturated heterocycles. The maximum atomic E-state index is 12.8. The number of carbonyl (C=O) groups excluding carboxylic acids is 2. The van der Waals surface area contributed by atoms with E-state index in [2.05, 4.69) is 15.6 Å². The van der Waals surface area contributed by atoms with Crippen molar-refractivity contribution in [3.63, 3.8) is 0 Å². The Morgan fingerprint density at radius 1 is 0.967 bits per heavy atom. The van der Waals surface area contributed by atoms with E-state index in [4.69, 9.17) is 0 Å². The summed E-state index contributed by atoms with van der Waals surface area (Å²) in [7, 11) is 1.72. The fraction of sp³-hybridized carbons (Fsp3) is 0.130. The summed E-state index contributed by atoms with van der Waals surface area (Å²) in [4.78, 5) is 27.1. The number of nitrogens with one attached hydrogen (secondary N) is 1. The van der Waals surface area contributed by atoms with E-state index in [0.717, 1.165) is 11.2 Å². The maximum Gasteiger partial charge on any atom is 0.258 e. The van der Waals surface area contributed by atoms with Gasteiger partial charge in [-0.1, -0.05) is 29.5 Å². The number of para-hydroxylation sites is 1. The lowest BCUT2D eigenvalue weighted by Crippen LogP contribution is -2.26. The Kier molecular flexibility index (Phi) is 5.26. The van der Waals surface area contributed by atoms with Gasteiger partial charge in [0.15, 0.2) is 0 Å². The lowest BCUT2D eigenvalue weighted by atomic mass is 10.1. The van der Waals surface area contributed by atoms with Gasteiger partial charge in [-0.25, -0.2) is 4.68 Å². The van der Waals surface area contributed by atoms with Crippen LogP contribution in [0.15, 0.2) is 72.8 Å². The van der Waals surface area contributed by atoms with E-state index in [1.807, 2.05) is 43.3 Å². The van der Waals surface area contributed by atoms with Crippen LogP contribution in [-0.2, 0) is 6.54 Å². The second-order valence-electron chi connectivity index (χ2n) is 6.84. The van der Waals surface area contributed by atoms with E-state index in [1.165, 1.54) is 0 Å². The topological polar surface area (TPSA) is 80.1 Å². The number of rotatable bonds is 5. The predicted molar refractivity (Wildman–Crippen MR) is 117 cm³/mol. The van der Waals surface area contributed by atoms with Gasteiger partial charge in [-0.15, -0.1) is 5.10 Å². The lowest BCUT2D eigenvalue weighted by Gasteiger charge is -2.17. The fourth-order valence-electron chi connectivity index (χ4n) is 3.24. The average molecular weight is 399 g/mol. The van der Waals surface area contributed by atoms with E-state index < -0.39 is 0 Å². The Labute approximate surface area is 173 Å². The first-order valence-electron chi connectivity index (χ1n) is 9.64. The van der Waals surface area contributed by atoms with Gasteiger partial charge in [-0.2, -0.15) is 0 Å². The first-order chi connectivity index (χ1) is 14.6. The van der Waals surface area contributed by atoms with Gasteiger partial charge < -0.3 is 10.2 Å². The molecule has 0 atom stereocenters. The summed E-state index contributed by atoms with van der Waals surface area (Å²) in [6.07, 6.45) is 0. The first-order valence-corrected chi connectivity index (χ1v) is 9.64. The van der Waals surface area contributed by atoms with Crippen LogP contribution in [0.4, 0.5) is 11.4 Å². The first kappa shape index (κ1) is 19.3. The SMILES string of the molecule is CCn1nnc2cc(C(=O)Nc3cccc(C(=O)N(C)c4ccccc4)c3)ccc21. The molecule has 7 nitrogen and oxygen atoms in total. The van der Waals surface area contributed by atoms with Crippen molar-refractivity contribution in [2.24, 2.45) is 0 Å². The molecule has 150 valence electrons. The van der Waals surface area contributed by atoms with Crippen LogP contribution in [0.3, 0.4) is 0 Å². The summed E-state index contributed by atoms with van der Waals surface area (Å²) < 4.78 is 1.77. The van der Waals surface area contributed by atoms with Crippen molar-refractivity contribution in [3.05, 3.63) is 83.9 Å². The van der Waals surface area contributed by atoms with Gasteiger partial charge in [0.05, 0.1) is 5.52 Å². The van der Waals surface area contributed by atoms with E-state index >= 15 is 0 Å². The zero-order chi connectivity index (χ0) is 21.1. The van der Waals surface area contributed by atoms with Crippen molar-refractivity contribution in [1.82, 2.24) is 15.0 Å². The monoisotopic (exact) mass is 399 g/mol. The number of nitrogens with zero attached hydrogens (tertiary/aromatic N) is 4. The highest BCUT2D eigenvalue weighted by Crippen LogP contribution is 2.19. The van der Waals surface area contributed by atoms with E-state index in [1.54, 1.807) is 53.0 Å². The maximum absolute atomic E-state index is 12.8. The molecule has 0 unspecified atom stereocenters. The normalized spacial score (nSPS) is 10.7. The van der Waals surface area contributed by atoms with Crippen molar-refractivity contribution in [1.29, 1.82) is 0 Å². The quantitative estimate of drug-likeness (QED) is 0.550. The summed E-state index contributed by atoms with van der Waals surface area (Å²) in [5.41, 5.74) is 3.85. The molecule has 0 aliphatic carbocycles. The molecule has 3 aromatic carbocycles. The van der Waals surface area contributed by atoms with Crippen LogP contribution in [-0.4, -0.2) is 33.9 Å². The van der Waals surface area contributed by atoms with Gasteiger partial charge in [-0.05, 0) is 55.5 Å². The molecule has 7 heteroatoms. The molecule has 0 saturated carbocycles. The number of amides is 2. The molecule has 0 fully saturated rings. The number of fused-ring (bicyclic) bond motifs is 1. The number of hydrogen-bond donors (Lipinski definition) is 1. The van der Waals surface area contributed by atoms with E-state index in [-0.39, 0.29) is 11.8 Å². The fourth-order valence-corrected chi connectivity index (χ4v) is 3.24. The van der Waals surface area contributed by atoms with Crippen LogP contribution in [0.5, 0.6) is 0 Å². The molecule has 1 N–H and O–H groups in total. The molecule has 30 heavy (non-hydrogen) atoms. The zero-order valence-electron chi connectivity index (χ0n) is 16.7. The van der Waals surface area contributed by atoms with Crippen molar-refractivity contribution < 1.29 is 9.59 Å². The number of aromatic nitrogens is 3.